The number of hydrogen-bond donors (Lipinski definition) is 0. The molecule has 0 spiro atoms. The Labute approximate surface area is 87.4 Å². The van der Waals surface area contributed by atoms with E-state index in [1.165, 1.54) is 5.56 Å². The van der Waals surface area contributed by atoms with Crippen molar-refractivity contribution in [1.29, 1.82) is 0 Å². The highest BCUT2D eigenvalue weighted by atomic mass is 14.2. The van der Waals surface area contributed by atoms with Gasteiger partial charge in [-0.05, 0) is 36.5 Å². The Morgan fingerprint density at radius 3 is 2.07 bits per heavy atom. The van der Waals surface area contributed by atoms with Gasteiger partial charge in [0.25, 0.3) is 0 Å². The van der Waals surface area contributed by atoms with Gasteiger partial charge in [0.05, 0.1) is 0 Å². The Morgan fingerprint density at radius 2 is 1.64 bits per heavy atom. The molecule has 0 heterocycles. The molecule has 0 nitrogen and oxygen atoms in total. The Kier molecular flexibility index (Phi) is 3.36. The lowest BCUT2D eigenvalue weighted by Crippen LogP contribution is -2.08. The molecule has 0 unspecified atom stereocenters. The summed E-state index contributed by atoms with van der Waals surface area (Å²) in [5.74, 6) is 5.95. The molecule has 0 atom stereocenters. The van der Waals surface area contributed by atoms with Gasteiger partial charge in [0.2, 0.25) is 0 Å². The van der Waals surface area contributed by atoms with Crippen LogP contribution in [0.2, 0.25) is 0 Å². The normalized spacial score (nSPS) is 10.6. The summed E-state index contributed by atoms with van der Waals surface area (Å²) in [7, 11) is 0. The first-order valence-electron chi connectivity index (χ1n) is 5.03. The molecular formula is C14H18. The zero-order valence-corrected chi connectivity index (χ0v) is 9.52. The van der Waals surface area contributed by atoms with E-state index in [0.717, 1.165) is 12.0 Å². The van der Waals surface area contributed by atoms with Gasteiger partial charge >= 0.3 is 0 Å². The van der Waals surface area contributed by atoms with Crippen LogP contribution in [0.5, 0.6) is 0 Å². The third-order valence-corrected chi connectivity index (χ3v) is 1.96. The van der Waals surface area contributed by atoms with E-state index in [1.54, 1.807) is 0 Å². The summed E-state index contributed by atoms with van der Waals surface area (Å²) in [6, 6.07) is 8.53. The van der Waals surface area contributed by atoms with Crippen LogP contribution in [0.1, 0.15) is 38.8 Å². The van der Waals surface area contributed by atoms with Crippen LogP contribution in [-0.4, -0.2) is 0 Å². The van der Waals surface area contributed by atoms with Crippen molar-refractivity contribution in [3.05, 3.63) is 35.4 Å². The lowest BCUT2D eigenvalue weighted by atomic mass is 9.88. The predicted octanol–water partition coefficient (Wildman–Crippen LogP) is 3.65. The second kappa shape index (κ2) is 4.33. The molecular weight excluding hydrogens is 168 g/mol. The summed E-state index contributed by atoms with van der Waals surface area (Å²) < 4.78 is 0. The smallest absolute Gasteiger partial charge is 0.0245 e. The van der Waals surface area contributed by atoms with E-state index in [1.807, 2.05) is 6.92 Å². The lowest BCUT2D eigenvalue weighted by molar-refractivity contribution is 0.411. The van der Waals surface area contributed by atoms with Crippen LogP contribution in [0, 0.1) is 17.3 Å². The highest BCUT2D eigenvalue weighted by molar-refractivity contribution is 5.35. The molecule has 0 saturated carbocycles. The predicted molar refractivity (Wildman–Crippen MR) is 62.2 cm³/mol. The zero-order valence-electron chi connectivity index (χ0n) is 9.52. The van der Waals surface area contributed by atoms with Crippen molar-refractivity contribution >= 4 is 0 Å². The van der Waals surface area contributed by atoms with E-state index in [9.17, 15) is 0 Å². The van der Waals surface area contributed by atoms with Crippen LogP contribution >= 0.6 is 0 Å². The maximum Gasteiger partial charge on any atom is 0.0245 e. The summed E-state index contributed by atoms with van der Waals surface area (Å²) in [6.07, 6.45) is 1.12. The van der Waals surface area contributed by atoms with Crippen LogP contribution in [0.3, 0.4) is 0 Å². The van der Waals surface area contributed by atoms with E-state index in [2.05, 4.69) is 56.9 Å². The molecule has 0 aliphatic rings. The summed E-state index contributed by atoms with van der Waals surface area (Å²) in [5, 5.41) is 0. The van der Waals surface area contributed by atoms with Crippen LogP contribution in [0.25, 0.3) is 0 Å². The Bertz CT molecular complexity index is 338. The fourth-order valence-corrected chi connectivity index (χ4v) is 1.46. The second-order valence-electron chi connectivity index (χ2n) is 4.81. The van der Waals surface area contributed by atoms with Crippen molar-refractivity contribution < 1.29 is 0 Å². The topological polar surface area (TPSA) is 0 Å². The van der Waals surface area contributed by atoms with Gasteiger partial charge in [-0.1, -0.05) is 38.8 Å². The van der Waals surface area contributed by atoms with Gasteiger partial charge in [0.1, 0.15) is 0 Å². The van der Waals surface area contributed by atoms with E-state index in [4.69, 9.17) is 0 Å². The average Bonchev–Trinajstić information content (AvgIpc) is 2.06. The Hall–Kier alpha value is -1.22. The van der Waals surface area contributed by atoms with E-state index < -0.39 is 0 Å². The minimum Gasteiger partial charge on any atom is -0.101 e. The van der Waals surface area contributed by atoms with Gasteiger partial charge in [0, 0.05) is 5.56 Å². The highest BCUT2D eigenvalue weighted by Gasteiger charge is 2.10. The van der Waals surface area contributed by atoms with Crippen molar-refractivity contribution in [1.82, 2.24) is 0 Å². The molecule has 0 radical (unpaired) electrons. The van der Waals surface area contributed by atoms with Gasteiger partial charge in [-0.2, -0.15) is 0 Å². The minimum atomic E-state index is 0.359. The fourth-order valence-electron chi connectivity index (χ4n) is 1.46. The van der Waals surface area contributed by atoms with Crippen LogP contribution in [-0.2, 0) is 6.42 Å². The van der Waals surface area contributed by atoms with Crippen LogP contribution in [0.4, 0.5) is 0 Å². The first kappa shape index (κ1) is 10.9. The van der Waals surface area contributed by atoms with E-state index in [0.29, 0.717) is 5.41 Å². The molecule has 0 amide bonds. The average molecular weight is 186 g/mol. The monoisotopic (exact) mass is 186 g/mol. The molecule has 1 rings (SSSR count). The van der Waals surface area contributed by atoms with Gasteiger partial charge in [-0.15, -0.1) is 5.92 Å². The Balaban J connectivity index is 2.77. The third kappa shape index (κ3) is 3.66. The summed E-state index contributed by atoms with van der Waals surface area (Å²) >= 11 is 0. The van der Waals surface area contributed by atoms with Gasteiger partial charge < -0.3 is 0 Å². The van der Waals surface area contributed by atoms with E-state index in [-0.39, 0.29) is 0 Å². The molecule has 0 saturated heterocycles. The van der Waals surface area contributed by atoms with Crippen molar-refractivity contribution in [2.24, 2.45) is 5.41 Å². The summed E-state index contributed by atoms with van der Waals surface area (Å²) in [5.41, 5.74) is 2.85. The largest absolute Gasteiger partial charge is 0.101 e. The van der Waals surface area contributed by atoms with Gasteiger partial charge in [0.15, 0.2) is 0 Å². The summed E-state index contributed by atoms with van der Waals surface area (Å²) in [4.78, 5) is 0. The molecule has 0 heteroatoms. The van der Waals surface area contributed by atoms with Crippen molar-refractivity contribution in [3.63, 3.8) is 0 Å². The molecule has 74 valence electrons. The van der Waals surface area contributed by atoms with Crippen molar-refractivity contribution in [2.75, 3.05) is 0 Å². The van der Waals surface area contributed by atoms with E-state index >= 15 is 0 Å². The first-order valence-corrected chi connectivity index (χ1v) is 5.03. The highest BCUT2D eigenvalue weighted by Crippen LogP contribution is 2.20. The van der Waals surface area contributed by atoms with Crippen LogP contribution in [0.15, 0.2) is 24.3 Å². The maximum atomic E-state index is 3.05. The zero-order chi connectivity index (χ0) is 10.6. The molecule has 14 heavy (non-hydrogen) atoms. The quantitative estimate of drug-likeness (QED) is 0.587. The maximum absolute atomic E-state index is 3.05. The first-order chi connectivity index (χ1) is 6.51. The molecule has 0 aliphatic heterocycles. The summed E-state index contributed by atoms with van der Waals surface area (Å²) in [6.45, 7) is 8.63. The van der Waals surface area contributed by atoms with Crippen LogP contribution < -0.4 is 0 Å². The molecule has 0 fully saturated rings. The number of hydrogen-bond acceptors (Lipinski definition) is 0. The molecule has 1 aromatic carbocycles. The Morgan fingerprint density at radius 1 is 1.07 bits per heavy atom. The fraction of sp³-hybridized carbons (Fsp3) is 0.429. The third-order valence-electron chi connectivity index (χ3n) is 1.96. The number of benzene rings is 1. The minimum absolute atomic E-state index is 0.359. The van der Waals surface area contributed by atoms with Crippen molar-refractivity contribution in [2.45, 2.75) is 34.1 Å². The molecule has 1 aromatic rings. The second-order valence-corrected chi connectivity index (χ2v) is 4.81. The lowest BCUT2D eigenvalue weighted by Gasteiger charge is -2.17. The van der Waals surface area contributed by atoms with Gasteiger partial charge in [-0.3, -0.25) is 0 Å². The SMILES string of the molecule is CC#Cc1ccc(CC(C)(C)C)cc1. The number of rotatable bonds is 1. The molecule has 0 aliphatic carbocycles. The molecule has 0 bridgehead atoms. The standard InChI is InChI=1S/C14H18/c1-5-6-12-7-9-13(10-8-12)11-14(2,3)4/h7-10H,11H2,1-4H3. The van der Waals surface area contributed by atoms with Crippen molar-refractivity contribution in [3.8, 4) is 11.8 Å². The molecule has 0 N–H and O–H groups in total. The molecule has 0 aromatic heterocycles. The van der Waals surface area contributed by atoms with Gasteiger partial charge in [-0.25, -0.2) is 0 Å².